The van der Waals surface area contributed by atoms with E-state index in [-0.39, 0.29) is 49.5 Å². The number of nitrogens with zero attached hydrogens (tertiary/aromatic N) is 3. The average Bonchev–Trinajstić information content (AvgIpc) is 2.99. The summed E-state index contributed by atoms with van der Waals surface area (Å²) in [7, 11) is 0. The molecule has 1 atom stereocenters. The molecule has 3 heterocycles. The largest absolute Gasteiger partial charge is 0.486 e. The summed E-state index contributed by atoms with van der Waals surface area (Å²) < 4.78 is 28.8. The number of carbonyl (C=O) groups excluding carboxylic acids is 1. The first kappa shape index (κ1) is 24.5. The van der Waals surface area contributed by atoms with Crippen molar-refractivity contribution in [2.24, 2.45) is 0 Å². The van der Waals surface area contributed by atoms with E-state index >= 15 is 4.39 Å². The molecular formula is C31H26FN3O4. The average molecular weight is 524 g/mol. The van der Waals surface area contributed by atoms with Crippen molar-refractivity contribution in [3.05, 3.63) is 142 Å². The zero-order chi connectivity index (χ0) is 26.8. The molecule has 0 N–H and O–H groups in total. The van der Waals surface area contributed by atoms with E-state index in [4.69, 9.17) is 9.47 Å². The molecule has 0 aliphatic carbocycles. The van der Waals surface area contributed by atoms with Gasteiger partial charge in [0.1, 0.15) is 25.9 Å². The van der Waals surface area contributed by atoms with Crippen LogP contribution in [0.2, 0.25) is 0 Å². The maximum atomic E-state index is 15.2. The molecule has 196 valence electrons. The minimum absolute atomic E-state index is 0.0255. The molecule has 0 spiro atoms. The molecule has 1 amide bonds. The minimum atomic E-state index is -0.547. The third-order valence-corrected chi connectivity index (χ3v) is 6.86. The molecular weight excluding hydrogens is 497 g/mol. The third kappa shape index (κ3) is 4.65. The molecule has 7 nitrogen and oxygen atoms in total. The molecule has 4 aromatic rings. The van der Waals surface area contributed by atoms with Gasteiger partial charge in [0.25, 0.3) is 5.91 Å². The normalized spacial score (nSPS) is 17.4. The molecule has 0 radical (unpaired) electrons. The number of hydrogen-bond donors (Lipinski definition) is 0. The first-order valence-corrected chi connectivity index (χ1v) is 12.7. The van der Waals surface area contributed by atoms with Crippen LogP contribution in [0.5, 0.6) is 11.5 Å². The van der Waals surface area contributed by atoms with Gasteiger partial charge in [-0.25, -0.2) is 4.39 Å². The number of fused-ring (bicyclic) bond motifs is 5. The molecule has 0 unspecified atom stereocenters. The van der Waals surface area contributed by atoms with Crippen LogP contribution >= 0.6 is 0 Å². The van der Waals surface area contributed by atoms with Gasteiger partial charge in [-0.15, -0.1) is 0 Å². The number of ether oxygens (including phenoxy) is 2. The van der Waals surface area contributed by atoms with E-state index in [1.807, 2.05) is 71.7 Å². The summed E-state index contributed by atoms with van der Waals surface area (Å²) in [4.78, 5) is 28.6. The van der Waals surface area contributed by atoms with Crippen LogP contribution in [-0.4, -0.2) is 35.3 Å². The Bertz CT molecular complexity index is 1590. The fourth-order valence-corrected chi connectivity index (χ4v) is 5.03. The maximum absolute atomic E-state index is 15.2. The summed E-state index contributed by atoms with van der Waals surface area (Å²) in [5, 5.41) is 1.93. The highest BCUT2D eigenvalue weighted by atomic mass is 19.1. The van der Waals surface area contributed by atoms with Crippen molar-refractivity contribution in [2.45, 2.75) is 12.6 Å². The van der Waals surface area contributed by atoms with Crippen LogP contribution in [0.25, 0.3) is 0 Å². The first-order chi connectivity index (χ1) is 19.1. The second-order valence-electron chi connectivity index (χ2n) is 9.34. The fraction of sp³-hybridized carbons (Fsp3) is 0.161. The Labute approximate surface area is 224 Å². The summed E-state index contributed by atoms with van der Waals surface area (Å²) in [6, 6.07) is 24.8. The van der Waals surface area contributed by atoms with Gasteiger partial charge in [-0.3, -0.25) is 19.3 Å². The van der Waals surface area contributed by atoms with Crippen LogP contribution < -0.4 is 19.9 Å². The SMILES string of the molecule is O=C1c2c(OCc3ccccc3)c(=O)ccn2N2CN1C/C=C\COc1c(F)cccc1[C@H]2c1ccccc1. The second kappa shape index (κ2) is 10.5. The third-order valence-electron chi connectivity index (χ3n) is 6.86. The summed E-state index contributed by atoms with van der Waals surface area (Å²) in [5.41, 5.74) is 2.07. The van der Waals surface area contributed by atoms with E-state index in [0.717, 1.165) is 11.1 Å². The Morgan fingerprint density at radius 3 is 2.46 bits per heavy atom. The molecule has 0 saturated heterocycles. The molecule has 39 heavy (non-hydrogen) atoms. The van der Waals surface area contributed by atoms with E-state index in [0.29, 0.717) is 5.56 Å². The molecule has 3 aromatic carbocycles. The van der Waals surface area contributed by atoms with Gasteiger partial charge in [-0.2, -0.15) is 0 Å². The lowest BCUT2D eigenvalue weighted by molar-refractivity contribution is 0.0698. The van der Waals surface area contributed by atoms with Crippen molar-refractivity contribution in [3.8, 4) is 11.5 Å². The van der Waals surface area contributed by atoms with E-state index < -0.39 is 17.3 Å². The summed E-state index contributed by atoms with van der Waals surface area (Å²) in [6.45, 7) is 0.741. The number of pyridine rings is 1. The van der Waals surface area contributed by atoms with Crippen molar-refractivity contribution < 1.29 is 18.7 Å². The first-order valence-electron chi connectivity index (χ1n) is 12.7. The summed E-state index contributed by atoms with van der Waals surface area (Å²) >= 11 is 0. The number of benzene rings is 3. The monoisotopic (exact) mass is 523 g/mol. The molecule has 8 heteroatoms. The smallest absolute Gasteiger partial charge is 0.278 e. The number of aromatic nitrogens is 1. The molecule has 1 aromatic heterocycles. The van der Waals surface area contributed by atoms with Crippen molar-refractivity contribution in [2.75, 3.05) is 24.8 Å². The molecule has 2 aliphatic heterocycles. The molecule has 0 fully saturated rings. The Morgan fingerprint density at radius 2 is 1.67 bits per heavy atom. The van der Waals surface area contributed by atoms with E-state index in [1.165, 1.54) is 12.1 Å². The Kier molecular flexibility index (Phi) is 6.59. The number of amides is 1. The van der Waals surface area contributed by atoms with Gasteiger partial charge in [0.05, 0.1) is 0 Å². The van der Waals surface area contributed by atoms with Crippen molar-refractivity contribution in [1.82, 2.24) is 9.58 Å². The van der Waals surface area contributed by atoms with Gasteiger partial charge >= 0.3 is 0 Å². The van der Waals surface area contributed by atoms with Crippen LogP contribution in [0.1, 0.15) is 33.2 Å². The van der Waals surface area contributed by atoms with Crippen LogP contribution in [0, 0.1) is 5.82 Å². The maximum Gasteiger partial charge on any atom is 0.278 e. The van der Waals surface area contributed by atoms with Crippen LogP contribution in [0.15, 0.2) is 108 Å². The zero-order valence-corrected chi connectivity index (χ0v) is 21.1. The number of hydrogen-bond acceptors (Lipinski definition) is 5. The Hall–Kier alpha value is -4.85. The highest BCUT2D eigenvalue weighted by Crippen LogP contribution is 2.38. The predicted octanol–water partition coefficient (Wildman–Crippen LogP) is 4.66. The lowest BCUT2D eigenvalue weighted by atomic mass is 9.96. The predicted molar refractivity (Wildman–Crippen MR) is 145 cm³/mol. The Balaban J connectivity index is 1.55. The number of para-hydroxylation sites is 1. The van der Waals surface area contributed by atoms with Crippen molar-refractivity contribution in [3.63, 3.8) is 0 Å². The molecule has 6 rings (SSSR count). The van der Waals surface area contributed by atoms with Crippen molar-refractivity contribution in [1.29, 1.82) is 0 Å². The van der Waals surface area contributed by atoms with Crippen LogP contribution in [0.3, 0.4) is 0 Å². The number of carbonyl (C=O) groups is 1. The summed E-state index contributed by atoms with van der Waals surface area (Å²) in [6.07, 6.45) is 5.14. The quantitative estimate of drug-likeness (QED) is 0.364. The van der Waals surface area contributed by atoms with E-state index in [1.54, 1.807) is 34.0 Å². The highest BCUT2D eigenvalue weighted by Gasteiger charge is 2.38. The topological polar surface area (TPSA) is 64.0 Å². The van der Waals surface area contributed by atoms with Gasteiger partial charge in [0.15, 0.2) is 23.0 Å². The lowest BCUT2D eigenvalue weighted by Gasteiger charge is -2.44. The van der Waals surface area contributed by atoms with Crippen LogP contribution in [-0.2, 0) is 6.61 Å². The van der Waals surface area contributed by atoms with Gasteiger partial charge in [0, 0.05) is 24.4 Å². The van der Waals surface area contributed by atoms with Gasteiger partial charge in [-0.05, 0) is 23.3 Å². The Morgan fingerprint density at radius 1 is 0.897 bits per heavy atom. The van der Waals surface area contributed by atoms with Crippen molar-refractivity contribution >= 4 is 5.91 Å². The fourth-order valence-electron chi connectivity index (χ4n) is 5.03. The molecule has 0 saturated carbocycles. The van der Waals surface area contributed by atoms with E-state index in [2.05, 4.69) is 0 Å². The molecule has 2 bridgehead atoms. The second-order valence-corrected chi connectivity index (χ2v) is 9.34. The van der Waals surface area contributed by atoms with Crippen LogP contribution in [0.4, 0.5) is 4.39 Å². The number of halogens is 1. The summed E-state index contributed by atoms with van der Waals surface area (Å²) in [5.74, 6) is -0.687. The lowest BCUT2D eigenvalue weighted by Crippen LogP contribution is -2.55. The van der Waals surface area contributed by atoms with Gasteiger partial charge < -0.3 is 14.4 Å². The zero-order valence-electron chi connectivity index (χ0n) is 21.1. The van der Waals surface area contributed by atoms with Gasteiger partial charge in [0.2, 0.25) is 5.43 Å². The highest BCUT2D eigenvalue weighted by molar-refractivity contribution is 5.96. The van der Waals surface area contributed by atoms with Gasteiger partial charge in [-0.1, -0.05) is 78.9 Å². The number of rotatable bonds is 4. The minimum Gasteiger partial charge on any atom is -0.486 e. The molecule has 2 aliphatic rings. The standard InChI is InChI=1S/C31H26FN3O4/c32-25-15-9-14-24-27(23-12-5-2-6-13-23)35-21-33(17-7-8-19-38-29(24)25)31(37)28-30(26(36)16-18-34(28)35)39-20-22-10-3-1-4-11-22/h1-16,18,27H,17,19-21H2/b8-7-/t27-/m1/s1. The van der Waals surface area contributed by atoms with E-state index in [9.17, 15) is 9.59 Å².